The van der Waals surface area contributed by atoms with Crippen molar-refractivity contribution in [3.63, 3.8) is 0 Å². The van der Waals surface area contributed by atoms with Crippen molar-refractivity contribution in [1.29, 1.82) is 0 Å². The zero-order chi connectivity index (χ0) is 7.72. The zero-order valence-corrected chi connectivity index (χ0v) is 7.27. The number of rotatable bonds is 1. The molecular formula is C9H16O. The third-order valence-electron chi connectivity index (χ3n) is 2.53. The summed E-state index contributed by atoms with van der Waals surface area (Å²) in [4.78, 5) is 0. The van der Waals surface area contributed by atoms with E-state index in [-0.39, 0.29) is 0 Å². The molecule has 1 rings (SSSR count). The second kappa shape index (κ2) is 2.65. The van der Waals surface area contributed by atoms with Crippen molar-refractivity contribution in [2.24, 2.45) is 5.92 Å². The maximum Gasteiger partial charge on any atom is 0.104 e. The van der Waals surface area contributed by atoms with E-state index < -0.39 is 0 Å². The Morgan fingerprint density at radius 2 is 2.00 bits per heavy atom. The van der Waals surface area contributed by atoms with Gasteiger partial charge in [0.1, 0.15) is 6.10 Å². The molecule has 1 heteroatoms. The Balaban J connectivity index is 2.67. The lowest BCUT2D eigenvalue weighted by atomic mass is 9.97. The third-order valence-corrected chi connectivity index (χ3v) is 2.53. The van der Waals surface area contributed by atoms with Crippen molar-refractivity contribution in [2.45, 2.75) is 40.2 Å². The molecule has 1 aliphatic rings. The molecule has 1 aliphatic heterocycles. The van der Waals surface area contributed by atoms with Crippen molar-refractivity contribution in [1.82, 2.24) is 0 Å². The van der Waals surface area contributed by atoms with Crippen molar-refractivity contribution in [3.8, 4) is 0 Å². The topological polar surface area (TPSA) is 9.23 Å². The molecule has 0 fully saturated rings. The predicted molar refractivity (Wildman–Crippen MR) is 42.7 cm³/mol. The molecule has 10 heavy (non-hydrogen) atoms. The highest BCUT2D eigenvalue weighted by molar-refractivity contribution is 5.14. The Bertz CT molecular complexity index is 158. The van der Waals surface area contributed by atoms with Gasteiger partial charge in [0.25, 0.3) is 0 Å². The zero-order valence-electron chi connectivity index (χ0n) is 7.27. The number of allylic oxidation sites excluding steroid dienone is 1. The van der Waals surface area contributed by atoms with Gasteiger partial charge in [-0.15, -0.1) is 0 Å². The molecule has 0 radical (unpaired) electrons. The van der Waals surface area contributed by atoms with Crippen LogP contribution in [0.2, 0.25) is 0 Å². The Morgan fingerprint density at radius 1 is 1.40 bits per heavy atom. The summed E-state index contributed by atoms with van der Waals surface area (Å²) in [6, 6.07) is 0. The minimum absolute atomic E-state index is 0.444. The van der Waals surface area contributed by atoms with Crippen molar-refractivity contribution >= 4 is 0 Å². The standard InChI is InChI=1S/C9H16O/c1-5-9-7(3)6(2)8(4)10-9/h7,9H,5H2,1-4H3. The van der Waals surface area contributed by atoms with Gasteiger partial charge in [0.2, 0.25) is 0 Å². The molecule has 0 aliphatic carbocycles. The summed E-state index contributed by atoms with van der Waals surface area (Å²) in [5, 5.41) is 0. The summed E-state index contributed by atoms with van der Waals surface area (Å²) < 4.78 is 5.61. The molecule has 2 atom stereocenters. The van der Waals surface area contributed by atoms with Crippen LogP contribution < -0.4 is 0 Å². The number of hydrogen-bond donors (Lipinski definition) is 0. The molecule has 0 N–H and O–H groups in total. The van der Waals surface area contributed by atoms with E-state index in [9.17, 15) is 0 Å². The third kappa shape index (κ3) is 1.05. The summed E-state index contributed by atoms with van der Waals surface area (Å²) in [6.07, 6.45) is 1.57. The Morgan fingerprint density at radius 3 is 2.20 bits per heavy atom. The first-order valence-corrected chi connectivity index (χ1v) is 4.00. The van der Waals surface area contributed by atoms with E-state index in [1.165, 1.54) is 5.57 Å². The molecule has 58 valence electrons. The van der Waals surface area contributed by atoms with Crippen molar-refractivity contribution < 1.29 is 4.74 Å². The van der Waals surface area contributed by atoms with Gasteiger partial charge in [-0.3, -0.25) is 0 Å². The first kappa shape index (κ1) is 7.64. The van der Waals surface area contributed by atoms with Gasteiger partial charge in [-0.2, -0.15) is 0 Å². The minimum Gasteiger partial charge on any atom is -0.495 e. The van der Waals surface area contributed by atoms with Crippen LogP contribution in [0.1, 0.15) is 34.1 Å². The summed E-state index contributed by atoms with van der Waals surface area (Å²) in [7, 11) is 0. The molecule has 0 aromatic rings. The van der Waals surface area contributed by atoms with E-state index in [0.29, 0.717) is 12.0 Å². The van der Waals surface area contributed by atoms with Gasteiger partial charge in [-0.1, -0.05) is 13.8 Å². The van der Waals surface area contributed by atoms with Crippen molar-refractivity contribution in [3.05, 3.63) is 11.3 Å². The van der Waals surface area contributed by atoms with Crippen LogP contribution in [0.4, 0.5) is 0 Å². The van der Waals surface area contributed by atoms with Crippen LogP contribution in [0, 0.1) is 5.92 Å². The van der Waals surface area contributed by atoms with E-state index in [1.54, 1.807) is 0 Å². The first-order valence-electron chi connectivity index (χ1n) is 4.00. The molecule has 0 saturated heterocycles. The van der Waals surface area contributed by atoms with Crippen LogP contribution in [0.3, 0.4) is 0 Å². The maximum atomic E-state index is 5.61. The van der Waals surface area contributed by atoms with Gasteiger partial charge in [0, 0.05) is 5.92 Å². The van der Waals surface area contributed by atoms with Crippen LogP contribution in [0.5, 0.6) is 0 Å². The second-order valence-corrected chi connectivity index (χ2v) is 3.09. The fourth-order valence-electron chi connectivity index (χ4n) is 1.46. The van der Waals surface area contributed by atoms with Crippen LogP contribution in [0.15, 0.2) is 11.3 Å². The molecule has 0 amide bonds. The Hall–Kier alpha value is -0.460. The van der Waals surface area contributed by atoms with Gasteiger partial charge in [0.15, 0.2) is 0 Å². The lowest BCUT2D eigenvalue weighted by molar-refractivity contribution is 0.115. The molecule has 2 unspecified atom stereocenters. The quantitative estimate of drug-likeness (QED) is 0.544. The van der Waals surface area contributed by atoms with Crippen LogP contribution in [-0.4, -0.2) is 6.10 Å². The van der Waals surface area contributed by atoms with Gasteiger partial charge >= 0.3 is 0 Å². The van der Waals surface area contributed by atoms with Crippen LogP contribution in [0.25, 0.3) is 0 Å². The maximum absolute atomic E-state index is 5.61. The Kier molecular flexibility index (Phi) is 2.02. The largest absolute Gasteiger partial charge is 0.495 e. The fraction of sp³-hybridized carbons (Fsp3) is 0.778. The molecule has 0 saturated carbocycles. The highest BCUT2D eigenvalue weighted by Gasteiger charge is 2.26. The second-order valence-electron chi connectivity index (χ2n) is 3.09. The summed E-state index contributed by atoms with van der Waals surface area (Å²) in [6.45, 7) is 8.63. The molecule has 1 heterocycles. The van der Waals surface area contributed by atoms with E-state index in [2.05, 4.69) is 27.7 Å². The highest BCUT2D eigenvalue weighted by atomic mass is 16.5. The molecule has 0 aromatic heterocycles. The molecular weight excluding hydrogens is 124 g/mol. The number of ether oxygens (including phenoxy) is 1. The van der Waals surface area contributed by atoms with Gasteiger partial charge in [0.05, 0.1) is 5.76 Å². The van der Waals surface area contributed by atoms with E-state index in [0.717, 1.165) is 12.2 Å². The van der Waals surface area contributed by atoms with E-state index >= 15 is 0 Å². The van der Waals surface area contributed by atoms with Gasteiger partial charge < -0.3 is 4.74 Å². The number of hydrogen-bond acceptors (Lipinski definition) is 1. The average molecular weight is 140 g/mol. The monoisotopic (exact) mass is 140 g/mol. The van der Waals surface area contributed by atoms with Crippen LogP contribution >= 0.6 is 0 Å². The van der Waals surface area contributed by atoms with E-state index in [4.69, 9.17) is 4.74 Å². The summed E-state index contributed by atoms with van der Waals surface area (Å²) in [5.74, 6) is 1.77. The summed E-state index contributed by atoms with van der Waals surface area (Å²) >= 11 is 0. The smallest absolute Gasteiger partial charge is 0.104 e. The molecule has 0 aromatic carbocycles. The summed E-state index contributed by atoms with van der Waals surface area (Å²) in [5.41, 5.74) is 1.42. The molecule has 1 nitrogen and oxygen atoms in total. The fourth-order valence-corrected chi connectivity index (χ4v) is 1.46. The normalized spacial score (nSPS) is 32.8. The van der Waals surface area contributed by atoms with Gasteiger partial charge in [-0.05, 0) is 25.8 Å². The predicted octanol–water partition coefficient (Wildman–Crippen LogP) is 2.73. The average Bonchev–Trinajstić information content (AvgIpc) is 2.17. The molecule has 0 bridgehead atoms. The van der Waals surface area contributed by atoms with Crippen molar-refractivity contribution in [2.75, 3.05) is 0 Å². The van der Waals surface area contributed by atoms with Gasteiger partial charge in [-0.25, -0.2) is 0 Å². The lowest BCUT2D eigenvalue weighted by Gasteiger charge is -2.13. The lowest BCUT2D eigenvalue weighted by Crippen LogP contribution is -2.13. The minimum atomic E-state index is 0.444. The van der Waals surface area contributed by atoms with Crippen LogP contribution in [-0.2, 0) is 4.74 Å². The van der Waals surface area contributed by atoms with E-state index in [1.807, 2.05) is 0 Å². The molecule has 0 spiro atoms. The highest BCUT2D eigenvalue weighted by Crippen LogP contribution is 2.31. The first-order chi connectivity index (χ1) is 4.66. The Labute approximate surface area is 63.1 Å². The SMILES string of the molecule is CCC1OC(C)=C(C)C1C.